The van der Waals surface area contributed by atoms with Gasteiger partial charge in [-0.15, -0.1) is 0 Å². The molecule has 2 heterocycles. The molecule has 1 unspecified atom stereocenters. The third-order valence-corrected chi connectivity index (χ3v) is 2.77. The number of aryl methyl sites for hydroxylation is 1. The first kappa shape index (κ1) is 12.5. The van der Waals surface area contributed by atoms with Gasteiger partial charge in [0.05, 0.1) is 25.9 Å². The lowest BCUT2D eigenvalue weighted by molar-refractivity contribution is -0.0571. The maximum atomic E-state index is 9.05. The van der Waals surface area contributed by atoms with Gasteiger partial charge in [0, 0.05) is 19.5 Å². The summed E-state index contributed by atoms with van der Waals surface area (Å²) in [6.07, 6.45) is 1.77. The topological polar surface area (TPSA) is 71.6 Å². The minimum absolute atomic E-state index is 0.0570. The van der Waals surface area contributed by atoms with Crippen molar-refractivity contribution >= 4 is 0 Å². The van der Waals surface area contributed by atoms with Gasteiger partial charge in [0.25, 0.3) is 0 Å². The molecule has 2 rings (SSSR count). The number of aromatic nitrogens is 2. The van der Waals surface area contributed by atoms with Gasteiger partial charge in [0.1, 0.15) is 0 Å². The molecule has 1 aliphatic heterocycles. The lowest BCUT2D eigenvalue weighted by atomic mass is 10.3. The van der Waals surface area contributed by atoms with E-state index < -0.39 is 0 Å². The maximum absolute atomic E-state index is 9.05. The quantitative estimate of drug-likeness (QED) is 0.795. The van der Waals surface area contributed by atoms with Crippen molar-refractivity contribution < 1.29 is 14.4 Å². The maximum Gasteiger partial charge on any atom is 0.240 e. The van der Waals surface area contributed by atoms with Crippen molar-refractivity contribution in [1.82, 2.24) is 15.0 Å². The smallest absolute Gasteiger partial charge is 0.240 e. The zero-order valence-electron chi connectivity index (χ0n) is 10.1. The van der Waals surface area contributed by atoms with E-state index in [-0.39, 0.29) is 12.7 Å². The molecule has 17 heavy (non-hydrogen) atoms. The summed E-state index contributed by atoms with van der Waals surface area (Å²) in [5.41, 5.74) is 0. The normalized spacial score (nSPS) is 21.9. The molecule has 0 aliphatic carbocycles. The van der Waals surface area contributed by atoms with Crippen LogP contribution in [0.3, 0.4) is 0 Å². The van der Waals surface area contributed by atoms with Crippen LogP contribution in [0.1, 0.15) is 25.1 Å². The predicted molar refractivity (Wildman–Crippen MR) is 60.4 cm³/mol. The summed E-state index contributed by atoms with van der Waals surface area (Å²) in [6.45, 7) is 4.97. The molecule has 6 heteroatoms. The highest BCUT2D eigenvalue weighted by Crippen LogP contribution is 2.09. The number of rotatable bonds is 5. The molecule has 96 valence electrons. The van der Waals surface area contributed by atoms with Gasteiger partial charge in [-0.1, -0.05) is 12.1 Å². The largest absolute Gasteiger partial charge is 0.394 e. The van der Waals surface area contributed by atoms with Crippen LogP contribution in [0, 0.1) is 0 Å². The molecule has 0 spiro atoms. The first-order chi connectivity index (χ1) is 8.31. The molecule has 1 aliphatic rings. The van der Waals surface area contributed by atoms with Gasteiger partial charge in [0.2, 0.25) is 5.89 Å². The summed E-state index contributed by atoms with van der Waals surface area (Å²) in [5, 5.41) is 13.0. The summed E-state index contributed by atoms with van der Waals surface area (Å²) in [6, 6.07) is 0. The van der Waals surface area contributed by atoms with Gasteiger partial charge in [-0.05, 0) is 6.42 Å². The zero-order chi connectivity index (χ0) is 12.1. The van der Waals surface area contributed by atoms with Gasteiger partial charge in [-0.25, -0.2) is 0 Å². The number of morpholine rings is 1. The lowest BCUT2D eigenvalue weighted by Gasteiger charge is -2.30. The Kier molecular flexibility index (Phi) is 4.47. The monoisotopic (exact) mass is 241 g/mol. The van der Waals surface area contributed by atoms with Crippen LogP contribution in [0.4, 0.5) is 0 Å². The van der Waals surface area contributed by atoms with E-state index in [1.54, 1.807) is 0 Å². The lowest BCUT2D eigenvalue weighted by Crippen LogP contribution is -2.43. The molecule has 1 saturated heterocycles. The highest BCUT2D eigenvalue weighted by molar-refractivity contribution is 4.87. The van der Waals surface area contributed by atoms with Gasteiger partial charge in [-0.3, -0.25) is 4.90 Å². The van der Waals surface area contributed by atoms with Crippen LogP contribution >= 0.6 is 0 Å². The number of hydrogen-bond acceptors (Lipinski definition) is 6. The summed E-state index contributed by atoms with van der Waals surface area (Å²) >= 11 is 0. The Balaban J connectivity index is 1.86. The van der Waals surface area contributed by atoms with E-state index in [1.807, 2.05) is 0 Å². The van der Waals surface area contributed by atoms with Gasteiger partial charge in [-0.2, -0.15) is 4.98 Å². The second-order valence-electron chi connectivity index (χ2n) is 4.26. The summed E-state index contributed by atoms with van der Waals surface area (Å²) in [4.78, 5) is 6.48. The molecule has 0 aromatic carbocycles. The molecule has 1 aromatic rings. The van der Waals surface area contributed by atoms with Crippen molar-refractivity contribution in [3.8, 4) is 0 Å². The van der Waals surface area contributed by atoms with Crippen LogP contribution in [0.15, 0.2) is 4.52 Å². The molecule has 1 fully saturated rings. The SMILES string of the molecule is CCCc1noc(CN2CCOC(CO)C2)n1. The Bertz CT molecular complexity index is 342. The third kappa shape index (κ3) is 3.49. The third-order valence-electron chi connectivity index (χ3n) is 2.77. The van der Waals surface area contributed by atoms with Gasteiger partial charge in [0.15, 0.2) is 5.82 Å². The highest BCUT2D eigenvalue weighted by atomic mass is 16.5. The van der Waals surface area contributed by atoms with E-state index in [0.717, 1.165) is 25.2 Å². The number of aliphatic hydroxyl groups is 1. The van der Waals surface area contributed by atoms with E-state index >= 15 is 0 Å². The molecular weight excluding hydrogens is 222 g/mol. The number of aliphatic hydroxyl groups excluding tert-OH is 1. The fourth-order valence-corrected chi connectivity index (χ4v) is 1.91. The van der Waals surface area contributed by atoms with Crippen LogP contribution in [0.25, 0.3) is 0 Å². The fourth-order valence-electron chi connectivity index (χ4n) is 1.91. The van der Waals surface area contributed by atoms with Crippen LogP contribution in [0.2, 0.25) is 0 Å². The standard InChI is InChI=1S/C11H19N3O3/c1-2-3-10-12-11(17-13-10)7-14-4-5-16-9(6-14)8-15/h9,15H,2-8H2,1H3. The van der Waals surface area contributed by atoms with Crippen LogP contribution in [-0.4, -0.2) is 52.6 Å². The van der Waals surface area contributed by atoms with Crippen molar-refractivity contribution in [2.75, 3.05) is 26.3 Å². The van der Waals surface area contributed by atoms with Crippen molar-refractivity contribution in [2.45, 2.75) is 32.4 Å². The Morgan fingerprint density at radius 1 is 1.53 bits per heavy atom. The molecule has 6 nitrogen and oxygen atoms in total. The number of nitrogens with zero attached hydrogens (tertiary/aromatic N) is 3. The van der Waals surface area contributed by atoms with E-state index in [9.17, 15) is 0 Å². The average Bonchev–Trinajstić information content (AvgIpc) is 2.77. The summed E-state index contributed by atoms with van der Waals surface area (Å²) < 4.78 is 10.6. The second kappa shape index (κ2) is 6.09. The van der Waals surface area contributed by atoms with Crippen LogP contribution in [0.5, 0.6) is 0 Å². The molecule has 0 radical (unpaired) electrons. The minimum atomic E-state index is -0.0956. The van der Waals surface area contributed by atoms with E-state index in [2.05, 4.69) is 22.0 Å². The van der Waals surface area contributed by atoms with Crippen LogP contribution < -0.4 is 0 Å². The van der Waals surface area contributed by atoms with E-state index in [0.29, 0.717) is 25.6 Å². The van der Waals surface area contributed by atoms with Crippen molar-refractivity contribution in [3.63, 3.8) is 0 Å². The second-order valence-corrected chi connectivity index (χ2v) is 4.26. The fraction of sp³-hybridized carbons (Fsp3) is 0.818. The van der Waals surface area contributed by atoms with Gasteiger partial charge < -0.3 is 14.4 Å². The highest BCUT2D eigenvalue weighted by Gasteiger charge is 2.21. The zero-order valence-corrected chi connectivity index (χ0v) is 10.1. The predicted octanol–water partition coefficient (Wildman–Crippen LogP) is 0.215. The van der Waals surface area contributed by atoms with E-state index in [4.69, 9.17) is 14.4 Å². The molecule has 0 amide bonds. The van der Waals surface area contributed by atoms with Crippen LogP contribution in [-0.2, 0) is 17.7 Å². The first-order valence-corrected chi connectivity index (χ1v) is 6.08. The van der Waals surface area contributed by atoms with Crippen molar-refractivity contribution in [1.29, 1.82) is 0 Å². The summed E-state index contributed by atoms with van der Waals surface area (Å²) in [7, 11) is 0. The number of hydrogen-bond donors (Lipinski definition) is 1. The van der Waals surface area contributed by atoms with E-state index in [1.165, 1.54) is 0 Å². The molecule has 1 aromatic heterocycles. The summed E-state index contributed by atoms with van der Waals surface area (Å²) in [5.74, 6) is 1.42. The molecule has 1 N–H and O–H groups in total. The van der Waals surface area contributed by atoms with Crippen molar-refractivity contribution in [3.05, 3.63) is 11.7 Å². The molecule has 1 atom stereocenters. The number of ether oxygens (including phenoxy) is 1. The molecular formula is C11H19N3O3. The molecule has 0 saturated carbocycles. The first-order valence-electron chi connectivity index (χ1n) is 6.08. The Hall–Kier alpha value is -0.980. The van der Waals surface area contributed by atoms with Crippen molar-refractivity contribution in [2.24, 2.45) is 0 Å². The van der Waals surface area contributed by atoms with Gasteiger partial charge >= 0.3 is 0 Å². The minimum Gasteiger partial charge on any atom is -0.394 e. The molecule has 0 bridgehead atoms. The average molecular weight is 241 g/mol. The Morgan fingerprint density at radius 3 is 3.18 bits per heavy atom. The Labute approximate surface area is 101 Å². The Morgan fingerprint density at radius 2 is 2.41 bits per heavy atom.